The minimum Gasteiger partial charge on any atom is -0.431 e. The summed E-state index contributed by atoms with van der Waals surface area (Å²) in [5.41, 5.74) is 6.79. The lowest BCUT2D eigenvalue weighted by Gasteiger charge is -2.35. The van der Waals surface area contributed by atoms with E-state index in [0.29, 0.717) is 17.4 Å². The van der Waals surface area contributed by atoms with Crippen LogP contribution in [0.5, 0.6) is 0 Å². The van der Waals surface area contributed by atoms with Gasteiger partial charge in [0.2, 0.25) is 11.8 Å². The number of hydrogen-bond acceptors (Lipinski definition) is 5. The number of nitrogens with two attached hydrogens (primary N) is 1. The number of hydrogen-bond donors (Lipinski definition) is 1. The average molecular weight is 333 g/mol. The molecule has 2 heterocycles. The zero-order valence-electron chi connectivity index (χ0n) is 12.7. The van der Waals surface area contributed by atoms with Crippen LogP contribution in [0, 0.1) is 0 Å². The number of aromatic nitrogens is 1. The second-order valence-corrected chi connectivity index (χ2v) is 6.57. The van der Waals surface area contributed by atoms with Crippen LogP contribution < -0.4 is 5.73 Å². The summed E-state index contributed by atoms with van der Waals surface area (Å²) in [6.07, 6.45) is 3.07. The summed E-state index contributed by atoms with van der Waals surface area (Å²) in [6.45, 7) is 0.685. The SMILES string of the molecule is NC(=O)C[C@H]1CCCCN1C(=O)CSc1nc2ccccc2o1. The van der Waals surface area contributed by atoms with Gasteiger partial charge < -0.3 is 15.1 Å². The predicted octanol–water partition coefficient (Wildman–Crippen LogP) is 2.18. The molecule has 1 saturated heterocycles. The first-order valence-electron chi connectivity index (χ1n) is 7.69. The standard InChI is InChI=1S/C16H19N3O3S/c17-14(20)9-11-5-3-4-8-19(11)15(21)10-23-16-18-12-6-1-2-7-13(12)22-16/h1-2,6-7,11H,3-5,8-10H2,(H2,17,20)/t11-/m1/s1. The molecule has 1 aliphatic heterocycles. The molecule has 0 bridgehead atoms. The van der Waals surface area contributed by atoms with Crippen molar-refractivity contribution in [3.05, 3.63) is 24.3 Å². The van der Waals surface area contributed by atoms with Gasteiger partial charge in [0.25, 0.3) is 5.22 Å². The molecule has 1 atom stereocenters. The van der Waals surface area contributed by atoms with Crippen molar-refractivity contribution < 1.29 is 14.0 Å². The number of carbonyl (C=O) groups is 2. The van der Waals surface area contributed by atoms with Gasteiger partial charge in [-0.15, -0.1) is 0 Å². The molecule has 2 N–H and O–H groups in total. The lowest BCUT2D eigenvalue weighted by Crippen LogP contribution is -2.46. The second kappa shape index (κ2) is 7.04. The van der Waals surface area contributed by atoms with E-state index in [1.54, 1.807) is 4.90 Å². The summed E-state index contributed by atoms with van der Waals surface area (Å²) in [4.78, 5) is 29.8. The van der Waals surface area contributed by atoms with Crippen molar-refractivity contribution in [1.29, 1.82) is 0 Å². The van der Waals surface area contributed by atoms with Crippen molar-refractivity contribution in [3.8, 4) is 0 Å². The van der Waals surface area contributed by atoms with E-state index < -0.39 is 0 Å². The third-order valence-electron chi connectivity index (χ3n) is 3.98. The Morgan fingerprint density at radius 3 is 2.96 bits per heavy atom. The summed E-state index contributed by atoms with van der Waals surface area (Å²) < 4.78 is 5.60. The number of para-hydroxylation sites is 2. The third kappa shape index (κ3) is 3.85. The highest BCUT2D eigenvalue weighted by Gasteiger charge is 2.28. The monoisotopic (exact) mass is 333 g/mol. The Balaban J connectivity index is 1.62. The molecular formula is C16H19N3O3S. The number of amides is 2. The molecule has 6 nitrogen and oxygen atoms in total. The molecule has 0 unspecified atom stereocenters. The lowest BCUT2D eigenvalue weighted by molar-refractivity contribution is -0.133. The molecule has 122 valence electrons. The Morgan fingerprint density at radius 1 is 1.35 bits per heavy atom. The van der Waals surface area contributed by atoms with Crippen LogP contribution in [0.3, 0.4) is 0 Å². The van der Waals surface area contributed by atoms with Crippen molar-refractivity contribution in [2.24, 2.45) is 5.73 Å². The number of rotatable bonds is 5. The van der Waals surface area contributed by atoms with E-state index in [0.717, 1.165) is 24.8 Å². The van der Waals surface area contributed by atoms with Crippen LogP contribution in [0.25, 0.3) is 11.1 Å². The van der Waals surface area contributed by atoms with E-state index in [4.69, 9.17) is 10.2 Å². The van der Waals surface area contributed by atoms with E-state index in [9.17, 15) is 9.59 Å². The quantitative estimate of drug-likeness (QED) is 0.847. The first-order valence-corrected chi connectivity index (χ1v) is 8.68. The first-order chi connectivity index (χ1) is 11.1. The number of oxazole rings is 1. The number of thioether (sulfide) groups is 1. The van der Waals surface area contributed by atoms with Gasteiger partial charge in [0.05, 0.1) is 5.75 Å². The van der Waals surface area contributed by atoms with Gasteiger partial charge in [0.15, 0.2) is 5.58 Å². The largest absolute Gasteiger partial charge is 0.431 e. The molecule has 7 heteroatoms. The minimum absolute atomic E-state index is 0.00297. The van der Waals surface area contributed by atoms with Crippen LogP contribution in [-0.4, -0.2) is 40.0 Å². The smallest absolute Gasteiger partial charge is 0.257 e. The summed E-state index contributed by atoms with van der Waals surface area (Å²) in [7, 11) is 0. The zero-order chi connectivity index (χ0) is 16.2. The van der Waals surface area contributed by atoms with Gasteiger partial charge in [-0.2, -0.15) is 0 Å². The van der Waals surface area contributed by atoms with Crippen molar-refractivity contribution in [2.75, 3.05) is 12.3 Å². The summed E-state index contributed by atoms with van der Waals surface area (Å²) in [5, 5.41) is 0.489. The molecule has 0 aliphatic carbocycles. The van der Waals surface area contributed by atoms with Gasteiger partial charge in [-0.3, -0.25) is 9.59 Å². The fourth-order valence-corrected chi connectivity index (χ4v) is 3.62. The Hall–Kier alpha value is -2.02. The molecule has 23 heavy (non-hydrogen) atoms. The van der Waals surface area contributed by atoms with Gasteiger partial charge in [-0.25, -0.2) is 4.98 Å². The molecule has 0 saturated carbocycles. The van der Waals surface area contributed by atoms with E-state index in [1.807, 2.05) is 24.3 Å². The maximum atomic E-state index is 12.5. The minimum atomic E-state index is -0.360. The zero-order valence-corrected chi connectivity index (χ0v) is 13.6. The van der Waals surface area contributed by atoms with Crippen LogP contribution in [0.4, 0.5) is 0 Å². The van der Waals surface area contributed by atoms with Crippen molar-refractivity contribution in [3.63, 3.8) is 0 Å². The maximum absolute atomic E-state index is 12.5. The summed E-state index contributed by atoms with van der Waals surface area (Å²) >= 11 is 1.28. The number of fused-ring (bicyclic) bond motifs is 1. The van der Waals surface area contributed by atoms with Crippen LogP contribution in [0.15, 0.2) is 33.9 Å². The Bertz CT molecular complexity index is 682. The van der Waals surface area contributed by atoms with Crippen LogP contribution in [-0.2, 0) is 9.59 Å². The van der Waals surface area contributed by atoms with E-state index in [1.165, 1.54) is 11.8 Å². The fraction of sp³-hybridized carbons (Fsp3) is 0.438. The van der Waals surface area contributed by atoms with Crippen LogP contribution in [0.2, 0.25) is 0 Å². The molecule has 2 aromatic rings. The number of likely N-dealkylation sites (tertiary alicyclic amines) is 1. The lowest BCUT2D eigenvalue weighted by atomic mass is 9.99. The highest BCUT2D eigenvalue weighted by molar-refractivity contribution is 7.99. The molecule has 2 amide bonds. The number of piperidine rings is 1. The Kier molecular flexibility index (Phi) is 4.85. The topological polar surface area (TPSA) is 89.4 Å². The molecular weight excluding hydrogens is 314 g/mol. The van der Waals surface area contributed by atoms with Gasteiger partial charge in [-0.1, -0.05) is 23.9 Å². The summed E-state index contributed by atoms with van der Waals surface area (Å²) in [5.74, 6) is -0.105. The first kappa shape index (κ1) is 15.9. The second-order valence-electron chi connectivity index (χ2n) is 5.64. The number of nitrogens with zero attached hydrogens (tertiary/aromatic N) is 2. The van der Waals surface area contributed by atoms with Crippen molar-refractivity contribution >= 4 is 34.7 Å². The van der Waals surface area contributed by atoms with Gasteiger partial charge in [0, 0.05) is 19.0 Å². The Morgan fingerprint density at radius 2 is 2.17 bits per heavy atom. The van der Waals surface area contributed by atoms with E-state index in [-0.39, 0.29) is 30.0 Å². The van der Waals surface area contributed by atoms with E-state index >= 15 is 0 Å². The number of primary amides is 1. The fourth-order valence-electron chi connectivity index (χ4n) is 2.89. The molecule has 1 aliphatic rings. The van der Waals surface area contributed by atoms with Gasteiger partial charge in [-0.05, 0) is 31.4 Å². The van der Waals surface area contributed by atoms with Gasteiger partial charge >= 0.3 is 0 Å². The summed E-state index contributed by atoms with van der Waals surface area (Å²) in [6, 6.07) is 7.43. The normalized spacial score (nSPS) is 18.3. The highest BCUT2D eigenvalue weighted by atomic mass is 32.2. The van der Waals surface area contributed by atoms with Crippen LogP contribution >= 0.6 is 11.8 Å². The molecule has 0 radical (unpaired) electrons. The Labute approximate surface area is 138 Å². The molecule has 0 spiro atoms. The average Bonchev–Trinajstić information content (AvgIpc) is 2.95. The van der Waals surface area contributed by atoms with Crippen molar-refractivity contribution in [1.82, 2.24) is 9.88 Å². The number of benzene rings is 1. The maximum Gasteiger partial charge on any atom is 0.257 e. The molecule has 1 aromatic carbocycles. The third-order valence-corrected chi connectivity index (χ3v) is 4.79. The van der Waals surface area contributed by atoms with Crippen molar-refractivity contribution in [2.45, 2.75) is 36.9 Å². The molecule has 3 rings (SSSR count). The molecule has 1 aromatic heterocycles. The van der Waals surface area contributed by atoms with Gasteiger partial charge in [0.1, 0.15) is 5.52 Å². The predicted molar refractivity (Wildman–Crippen MR) is 87.9 cm³/mol. The molecule has 1 fully saturated rings. The number of carbonyl (C=O) groups excluding carboxylic acids is 2. The van der Waals surface area contributed by atoms with E-state index in [2.05, 4.69) is 4.98 Å². The van der Waals surface area contributed by atoms with Crippen LogP contribution in [0.1, 0.15) is 25.7 Å². The highest BCUT2D eigenvalue weighted by Crippen LogP contribution is 2.25.